The number of ether oxygens (including phenoxy) is 2. The summed E-state index contributed by atoms with van der Waals surface area (Å²) in [7, 11) is 0. The minimum atomic E-state index is -1.29. The lowest BCUT2D eigenvalue weighted by Gasteiger charge is -2.39. The van der Waals surface area contributed by atoms with E-state index in [0.29, 0.717) is 25.7 Å². The van der Waals surface area contributed by atoms with Crippen molar-refractivity contribution in [2.75, 3.05) is 13.2 Å². The Morgan fingerprint density at radius 1 is 1.14 bits per heavy atom. The van der Waals surface area contributed by atoms with Gasteiger partial charge in [-0.05, 0) is 18.1 Å². The third-order valence-corrected chi connectivity index (χ3v) is 4.42. The van der Waals surface area contributed by atoms with Crippen molar-refractivity contribution in [2.45, 2.75) is 31.0 Å². The number of carbonyl (C=O) groups is 1. The Kier molecular flexibility index (Phi) is 3.86. The number of hydrogen-bond donors (Lipinski definition) is 1. The van der Waals surface area contributed by atoms with Crippen LogP contribution in [0.5, 0.6) is 0 Å². The van der Waals surface area contributed by atoms with Crippen molar-refractivity contribution < 1.29 is 32.5 Å². The first-order chi connectivity index (χ1) is 10.4. The maximum Gasteiger partial charge on any atom is 0.307 e. The summed E-state index contributed by atoms with van der Waals surface area (Å²) in [6, 6.07) is 1.20. The third kappa shape index (κ3) is 2.59. The third-order valence-electron chi connectivity index (χ3n) is 4.42. The van der Waals surface area contributed by atoms with Crippen LogP contribution >= 0.6 is 0 Å². The largest absolute Gasteiger partial charge is 0.481 e. The molecule has 1 aromatic rings. The van der Waals surface area contributed by atoms with Crippen LogP contribution in [0, 0.1) is 23.4 Å². The molecule has 0 radical (unpaired) electrons. The molecule has 1 heterocycles. The van der Waals surface area contributed by atoms with Gasteiger partial charge in [-0.2, -0.15) is 0 Å². The van der Waals surface area contributed by atoms with Crippen molar-refractivity contribution >= 4 is 5.97 Å². The maximum absolute atomic E-state index is 14.0. The summed E-state index contributed by atoms with van der Waals surface area (Å²) >= 11 is 0. The fourth-order valence-electron chi connectivity index (χ4n) is 3.37. The van der Waals surface area contributed by atoms with Crippen LogP contribution in [0.4, 0.5) is 13.2 Å². The summed E-state index contributed by atoms with van der Waals surface area (Å²) in [5.41, 5.74) is -0.112. The number of aliphatic carboxylic acids is 1. The number of carboxylic acids is 1. The molecule has 3 rings (SSSR count). The van der Waals surface area contributed by atoms with Crippen LogP contribution in [0.2, 0.25) is 0 Å². The van der Waals surface area contributed by atoms with E-state index in [1.165, 1.54) is 0 Å². The predicted octanol–water partition coefficient (Wildman–Crippen LogP) is 2.82. The molecule has 0 unspecified atom stereocenters. The van der Waals surface area contributed by atoms with Gasteiger partial charge in [0.05, 0.1) is 19.1 Å². The van der Waals surface area contributed by atoms with Gasteiger partial charge in [-0.25, -0.2) is 13.2 Å². The molecule has 0 aromatic heterocycles. The van der Waals surface area contributed by atoms with Crippen LogP contribution in [0.1, 0.15) is 30.7 Å². The lowest BCUT2D eigenvalue weighted by Crippen LogP contribution is -2.42. The summed E-state index contributed by atoms with van der Waals surface area (Å²) in [6.07, 6.45) is 0.713. The van der Waals surface area contributed by atoms with Crippen LogP contribution in [0.15, 0.2) is 12.1 Å². The first kappa shape index (κ1) is 15.3. The fourth-order valence-corrected chi connectivity index (χ4v) is 3.37. The molecule has 2 aliphatic rings. The normalized spacial score (nSPS) is 27.2. The fraction of sp³-hybridized carbons (Fsp3) is 0.533. The summed E-state index contributed by atoms with van der Waals surface area (Å²) in [5.74, 6) is -7.21. The second-order valence-corrected chi connectivity index (χ2v) is 5.69. The smallest absolute Gasteiger partial charge is 0.307 e. The van der Waals surface area contributed by atoms with Crippen molar-refractivity contribution in [1.82, 2.24) is 0 Å². The average molecular weight is 316 g/mol. The van der Waals surface area contributed by atoms with Gasteiger partial charge in [0.25, 0.3) is 0 Å². The van der Waals surface area contributed by atoms with E-state index in [4.69, 9.17) is 9.47 Å². The molecule has 1 spiro atoms. The summed E-state index contributed by atoms with van der Waals surface area (Å²) < 4.78 is 51.4. The van der Waals surface area contributed by atoms with E-state index in [1.54, 1.807) is 0 Å². The van der Waals surface area contributed by atoms with Crippen LogP contribution in [0.25, 0.3) is 0 Å². The Hall–Kier alpha value is -1.60. The van der Waals surface area contributed by atoms with Crippen LogP contribution < -0.4 is 0 Å². The number of halogens is 3. The maximum atomic E-state index is 14.0. The molecule has 1 aliphatic heterocycles. The van der Waals surface area contributed by atoms with Crippen LogP contribution in [0.3, 0.4) is 0 Å². The average Bonchev–Trinajstić information content (AvgIpc) is 2.91. The number of rotatable bonds is 2. The SMILES string of the molecule is O=C(O)[C@@H]1CC2(CC[C@H]1c1cc(F)c(F)cc1F)OCCO2. The number of benzene rings is 1. The highest BCUT2D eigenvalue weighted by Crippen LogP contribution is 2.46. The van der Waals surface area contributed by atoms with Gasteiger partial charge in [0, 0.05) is 24.8 Å². The summed E-state index contributed by atoms with van der Waals surface area (Å²) in [5, 5.41) is 9.43. The highest BCUT2D eigenvalue weighted by atomic mass is 19.2. The van der Waals surface area contributed by atoms with Crippen LogP contribution in [-0.2, 0) is 14.3 Å². The lowest BCUT2D eigenvalue weighted by atomic mass is 9.72. The second-order valence-electron chi connectivity index (χ2n) is 5.69. The highest BCUT2D eigenvalue weighted by molar-refractivity contribution is 5.71. The molecule has 1 N–H and O–H groups in total. The molecule has 22 heavy (non-hydrogen) atoms. The van der Waals surface area contributed by atoms with Crippen molar-refractivity contribution in [3.8, 4) is 0 Å². The molecular weight excluding hydrogens is 301 g/mol. The van der Waals surface area contributed by atoms with Crippen molar-refractivity contribution in [3.63, 3.8) is 0 Å². The Bertz CT molecular complexity index is 599. The minimum Gasteiger partial charge on any atom is -0.481 e. The lowest BCUT2D eigenvalue weighted by molar-refractivity contribution is -0.196. The zero-order valence-corrected chi connectivity index (χ0v) is 11.7. The highest BCUT2D eigenvalue weighted by Gasteiger charge is 2.48. The molecule has 1 saturated heterocycles. The van der Waals surface area contributed by atoms with E-state index < -0.39 is 41.0 Å². The minimum absolute atomic E-state index is 0.0609. The zero-order chi connectivity index (χ0) is 15.9. The molecule has 120 valence electrons. The van der Waals surface area contributed by atoms with E-state index in [2.05, 4.69) is 0 Å². The first-order valence-corrected chi connectivity index (χ1v) is 7.07. The van der Waals surface area contributed by atoms with E-state index in [0.717, 1.165) is 6.07 Å². The Morgan fingerprint density at radius 2 is 1.77 bits per heavy atom. The molecular formula is C15H15F3O4. The Balaban J connectivity index is 1.93. The standard InChI is InChI=1S/C15H15F3O4/c16-11-6-13(18)12(17)5-9(11)8-1-2-15(21-3-4-22-15)7-10(8)14(19)20/h5-6,8,10H,1-4,7H2,(H,19,20)/t8-,10+/m0/s1. The monoisotopic (exact) mass is 316 g/mol. The van der Waals surface area contributed by atoms with Gasteiger partial charge in [-0.3, -0.25) is 4.79 Å². The van der Waals surface area contributed by atoms with E-state index >= 15 is 0 Å². The second kappa shape index (κ2) is 5.55. The molecule has 1 aliphatic carbocycles. The molecule has 0 amide bonds. The molecule has 4 nitrogen and oxygen atoms in total. The predicted molar refractivity (Wildman–Crippen MR) is 68.7 cm³/mol. The number of hydrogen-bond acceptors (Lipinski definition) is 3. The van der Waals surface area contributed by atoms with Crippen molar-refractivity contribution in [3.05, 3.63) is 35.1 Å². The molecule has 1 saturated carbocycles. The topological polar surface area (TPSA) is 55.8 Å². The molecule has 2 atom stereocenters. The zero-order valence-electron chi connectivity index (χ0n) is 11.7. The Morgan fingerprint density at radius 3 is 2.41 bits per heavy atom. The van der Waals surface area contributed by atoms with E-state index in [-0.39, 0.29) is 18.4 Å². The van der Waals surface area contributed by atoms with Gasteiger partial charge < -0.3 is 14.6 Å². The van der Waals surface area contributed by atoms with Crippen LogP contribution in [-0.4, -0.2) is 30.1 Å². The van der Waals surface area contributed by atoms with Gasteiger partial charge in [0.1, 0.15) is 5.82 Å². The molecule has 7 heteroatoms. The first-order valence-electron chi connectivity index (χ1n) is 7.07. The van der Waals surface area contributed by atoms with Crippen molar-refractivity contribution in [1.29, 1.82) is 0 Å². The summed E-state index contributed by atoms with van der Waals surface area (Å²) in [4.78, 5) is 11.5. The van der Waals surface area contributed by atoms with Gasteiger partial charge in [-0.15, -0.1) is 0 Å². The number of carboxylic acid groups (broad SMARTS) is 1. The molecule has 0 bridgehead atoms. The quantitative estimate of drug-likeness (QED) is 0.853. The molecule has 1 aromatic carbocycles. The Labute approximate surface area is 124 Å². The van der Waals surface area contributed by atoms with Gasteiger partial charge in [-0.1, -0.05) is 0 Å². The van der Waals surface area contributed by atoms with Crippen molar-refractivity contribution in [2.24, 2.45) is 5.92 Å². The summed E-state index contributed by atoms with van der Waals surface area (Å²) in [6.45, 7) is 0.771. The molecule has 2 fully saturated rings. The van der Waals surface area contributed by atoms with Gasteiger partial charge >= 0.3 is 5.97 Å². The van der Waals surface area contributed by atoms with E-state index in [9.17, 15) is 23.1 Å². The van der Waals surface area contributed by atoms with E-state index in [1.807, 2.05) is 0 Å². The van der Waals surface area contributed by atoms with Gasteiger partial charge in [0.15, 0.2) is 17.4 Å². The van der Waals surface area contributed by atoms with Gasteiger partial charge in [0.2, 0.25) is 0 Å².